The molecule has 0 heterocycles. The summed E-state index contributed by atoms with van der Waals surface area (Å²) in [4.78, 5) is 23.3. The van der Waals surface area contributed by atoms with E-state index in [9.17, 15) is 9.59 Å². The molecule has 0 saturated carbocycles. The Labute approximate surface area is 110 Å². The third-order valence-corrected chi connectivity index (χ3v) is 2.27. The first-order valence-electron chi connectivity index (χ1n) is 5.60. The van der Waals surface area contributed by atoms with Crippen LogP contribution in [0.25, 0.3) is 0 Å². The molecule has 1 rings (SSSR count). The Hall–Kier alpha value is -2.57. The lowest BCUT2D eigenvalue weighted by molar-refractivity contribution is -0.147. The lowest BCUT2D eigenvalue weighted by atomic mass is 10.1. The molecule has 1 amide bonds. The molecule has 0 aliphatic carbocycles. The molecule has 0 fully saturated rings. The number of benzene rings is 1. The van der Waals surface area contributed by atoms with Gasteiger partial charge < -0.3 is 21.0 Å². The lowest BCUT2D eigenvalue weighted by Gasteiger charge is -2.17. The molecule has 1 atom stereocenters. The third-order valence-electron chi connectivity index (χ3n) is 2.27. The van der Waals surface area contributed by atoms with Crippen LogP contribution in [0.1, 0.15) is 18.5 Å². The van der Waals surface area contributed by atoms with Crippen LogP contribution in [0.2, 0.25) is 0 Å². The Morgan fingerprint density at radius 1 is 1.42 bits per heavy atom. The van der Waals surface area contributed by atoms with E-state index in [4.69, 9.17) is 15.7 Å². The average Bonchev–Trinajstić information content (AvgIpc) is 2.44. The molecule has 19 heavy (non-hydrogen) atoms. The van der Waals surface area contributed by atoms with E-state index in [2.05, 4.69) is 10.5 Å². The summed E-state index contributed by atoms with van der Waals surface area (Å²) in [6.07, 6.45) is 0. The maximum absolute atomic E-state index is 11.8. The summed E-state index contributed by atoms with van der Waals surface area (Å²) in [6.45, 7) is 1.84. The Morgan fingerprint density at radius 2 is 2.05 bits per heavy atom. The maximum atomic E-state index is 11.8. The molecule has 0 aliphatic rings. The minimum atomic E-state index is -1.01. The highest BCUT2D eigenvalue weighted by Gasteiger charge is 2.25. The van der Waals surface area contributed by atoms with Crippen LogP contribution in [0.4, 0.5) is 0 Å². The highest BCUT2D eigenvalue weighted by molar-refractivity contribution is 6.37. The zero-order chi connectivity index (χ0) is 14.3. The van der Waals surface area contributed by atoms with Crippen molar-refractivity contribution < 1.29 is 19.5 Å². The second-order valence-corrected chi connectivity index (χ2v) is 3.55. The highest BCUT2D eigenvalue weighted by atomic mass is 16.5. The van der Waals surface area contributed by atoms with Crippen molar-refractivity contribution in [2.75, 3.05) is 6.61 Å². The van der Waals surface area contributed by atoms with E-state index in [1.807, 2.05) is 0 Å². The fourth-order valence-corrected chi connectivity index (χ4v) is 1.40. The van der Waals surface area contributed by atoms with Crippen LogP contribution in [-0.4, -0.2) is 29.5 Å². The third kappa shape index (κ3) is 3.98. The van der Waals surface area contributed by atoms with Crippen molar-refractivity contribution in [3.05, 3.63) is 35.9 Å². The van der Waals surface area contributed by atoms with Crippen molar-refractivity contribution in [1.82, 2.24) is 5.32 Å². The molecule has 0 aliphatic heterocycles. The van der Waals surface area contributed by atoms with Gasteiger partial charge in [0.2, 0.25) is 5.84 Å². The van der Waals surface area contributed by atoms with Gasteiger partial charge in [0.1, 0.15) is 0 Å². The molecule has 0 spiro atoms. The van der Waals surface area contributed by atoms with Gasteiger partial charge in [-0.15, -0.1) is 0 Å². The van der Waals surface area contributed by atoms with Gasteiger partial charge in [0.15, 0.2) is 6.04 Å². The fraction of sp³-hybridized carbons (Fsp3) is 0.250. The van der Waals surface area contributed by atoms with Crippen molar-refractivity contribution in [3.63, 3.8) is 0 Å². The average molecular weight is 265 g/mol. The number of carbonyl (C=O) groups excluding carboxylic acids is 2. The number of nitrogens with two attached hydrogens (primary N) is 1. The van der Waals surface area contributed by atoms with Crippen molar-refractivity contribution in [2.45, 2.75) is 13.0 Å². The van der Waals surface area contributed by atoms with E-state index in [0.29, 0.717) is 5.56 Å². The quantitative estimate of drug-likeness (QED) is 0.236. The number of rotatable bonds is 4. The van der Waals surface area contributed by atoms with E-state index in [1.54, 1.807) is 37.3 Å². The zero-order valence-electron chi connectivity index (χ0n) is 10.4. The molecule has 1 aromatic carbocycles. The molecule has 4 N–H and O–H groups in total. The second kappa shape index (κ2) is 7.00. The van der Waals surface area contributed by atoms with Gasteiger partial charge in [-0.25, -0.2) is 4.79 Å². The van der Waals surface area contributed by atoms with Gasteiger partial charge in [0.05, 0.1) is 6.61 Å². The van der Waals surface area contributed by atoms with Crippen LogP contribution in [-0.2, 0) is 14.3 Å². The number of amidine groups is 1. The molecule has 0 unspecified atom stereocenters. The number of amides is 1. The van der Waals surface area contributed by atoms with Gasteiger partial charge in [-0.3, -0.25) is 4.79 Å². The van der Waals surface area contributed by atoms with Gasteiger partial charge >= 0.3 is 5.97 Å². The number of carbonyl (C=O) groups is 2. The maximum Gasteiger partial charge on any atom is 0.333 e. The predicted molar refractivity (Wildman–Crippen MR) is 67.4 cm³/mol. The second-order valence-electron chi connectivity index (χ2n) is 3.55. The minimum Gasteiger partial charge on any atom is -0.464 e. The summed E-state index contributed by atoms with van der Waals surface area (Å²) in [7, 11) is 0. The van der Waals surface area contributed by atoms with Crippen LogP contribution in [0, 0.1) is 0 Å². The summed E-state index contributed by atoms with van der Waals surface area (Å²) >= 11 is 0. The molecule has 0 saturated heterocycles. The summed E-state index contributed by atoms with van der Waals surface area (Å²) in [5.74, 6) is -2.11. The molecule has 0 aromatic heterocycles. The van der Waals surface area contributed by atoms with Crippen LogP contribution < -0.4 is 11.1 Å². The van der Waals surface area contributed by atoms with E-state index < -0.39 is 23.8 Å². The number of hydrogen-bond acceptors (Lipinski definition) is 5. The summed E-state index contributed by atoms with van der Waals surface area (Å²) in [6, 6.07) is 7.53. The number of nitrogens with one attached hydrogen (secondary N) is 1. The number of ether oxygens (including phenoxy) is 1. The van der Waals surface area contributed by atoms with Gasteiger partial charge in [0, 0.05) is 0 Å². The molecule has 102 valence electrons. The summed E-state index contributed by atoms with van der Waals surface area (Å²) < 4.78 is 4.88. The largest absolute Gasteiger partial charge is 0.464 e. The van der Waals surface area contributed by atoms with Crippen LogP contribution in [0.5, 0.6) is 0 Å². The number of oxime groups is 1. The topological polar surface area (TPSA) is 114 Å². The van der Waals surface area contributed by atoms with Crippen molar-refractivity contribution in [2.24, 2.45) is 10.9 Å². The first kappa shape index (κ1) is 14.5. The van der Waals surface area contributed by atoms with E-state index in [1.165, 1.54) is 0 Å². The van der Waals surface area contributed by atoms with Gasteiger partial charge in [-0.1, -0.05) is 35.5 Å². The van der Waals surface area contributed by atoms with E-state index in [-0.39, 0.29) is 6.61 Å². The Bertz CT molecular complexity index is 473. The van der Waals surface area contributed by atoms with Crippen LogP contribution in [0.15, 0.2) is 35.5 Å². The van der Waals surface area contributed by atoms with E-state index in [0.717, 1.165) is 0 Å². The Balaban J connectivity index is 2.94. The molecular formula is C12H15N3O4. The van der Waals surface area contributed by atoms with Crippen molar-refractivity contribution in [1.29, 1.82) is 0 Å². The molecule has 0 bridgehead atoms. The SMILES string of the molecule is CCOC(=O)[C@H](NC(=O)/C(N)=N/O)c1ccccc1. The summed E-state index contributed by atoms with van der Waals surface area (Å²) in [5, 5.41) is 13.3. The smallest absolute Gasteiger partial charge is 0.333 e. The Kier molecular flexibility index (Phi) is 5.34. The highest BCUT2D eigenvalue weighted by Crippen LogP contribution is 2.14. The fourth-order valence-electron chi connectivity index (χ4n) is 1.40. The molecular weight excluding hydrogens is 250 g/mol. The van der Waals surface area contributed by atoms with Crippen LogP contribution in [0.3, 0.4) is 0 Å². The minimum absolute atomic E-state index is 0.182. The predicted octanol–water partition coefficient (Wildman–Crippen LogP) is 0.153. The standard InChI is InChI=1S/C12H15N3O4/c1-2-19-12(17)9(8-6-4-3-5-7-8)14-11(16)10(13)15-18/h3-7,9,18H,2H2,1H3,(H2,13,15)(H,14,16)/t9-/m1/s1. The molecule has 1 aromatic rings. The number of hydrogen-bond donors (Lipinski definition) is 3. The van der Waals surface area contributed by atoms with Gasteiger partial charge in [0.25, 0.3) is 5.91 Å². The van der Waals surface area contributed by atoms with Gasteiger partial charge in [-0.05, 0) is 12.5 Å². The molecule has 0 radical (unpaired) electrons. The van der Waals surface area contributed by atoms with Crippen molar-refractivity contribution >= 4 is 17.7 Å². The van der Waals surface area contributed by atoms with Crippen LogP contribution >= 0.6 is 0 Å². The Morgan fingerprint density at radius 3 is 2.58 bits per heavy atom. The number of nitrogens with zero attached hydrogens (tertiary/aromatic N) is 1. The van der Waals surface area contributed by atoms with Gasteiger partial charge in [-0.2, -0.15) is 0 Å². The normalized spacial score (nSPS) is 12.6. The zero-order valence-corrected chi connectivity index (χ0v) is 10.4. The first-order valence-corrected chi connectivity index (χ1v) is 5.60. The molecule has 7 nitrogen and oxygen atoms in total. The van der Waals surface area contributed by atoms with Crippen molar-refractivity contribution in [3.8, 4) is 0 Å². The first-order chi connectivity index (χ1) is 9.10. The lowest BCUT2D eigenvalue weighted by Crippen LogP contribution is -2.41. The number of esters is 1. The monoisotopic (exact) mass is 265 g/mol. The summed E-state index contributed by atoms with van der Waals surface area (Å²) in [5.41, 5.74) is 5.69. The molecule has 7 heteroatoms. The van der Waals surface area contributed by atoms with E-state index >= 15 is 0 Å².